The molecule has 6 heteroatoms. The number of aromatic hydroxyl groups is 1. The molecule has 2 heterocycles. The van der Waals surface area contributed by atoms with Gasteiger partial charge in [-0.25, -0.2) is 4.98 Å². The minimum Gasteiger partial charge on any atom is -0.508 e. The lowest BCUT2D eigenvalue weighted by Gasteiger charge is -2.18. The number of nitrogens with one attached hydrogen (secondary N) is 1. The first-order valence-corrected chi connectivity index (χ1v) is 8.06. The highest BCUT2D eigenvalue weighted by atomic mass is 16.3. The average Bonchev–Trinajstić information content (AvgIpc) is 2.58. The molecule has 3 rings (SSSR count). The first-order valence-electron chi connectivity index (χ1n) is 8.06. The van der Waals surface area contributed by atoms with E-state index in [1.54, 1.807) is 41.1 Å². The molecule has 0 bridgehead atoms. The second kappa shape index (κ2) is 6.70. The fourth-order valence-corrected chi connectivity index (χ4v) is 2.82. The third kappa shape index (κ3) is 3.08. The van der Waals surface area contributed by atoms with Crippen LogP contribution in [0, 0.1) is 0 Å². The van der Waals surface area contributed by atoms with Gasteiger partial charge >= 0.3 is 0 Å². The lowest BCUT2D eigenvalue weighted by molar-refractivity contribution is 0.470. The number of fused-ring (bicyclic) bond motifs is 1. The van der Waals surface area contributed by atoms with Crippen molar-refractivity contribution < 1.29 is 5.11 Å². The van der Waals surface area contributed by atoms with Crippen LogP contribution in [0.2, 0.25) is 0 Å². The van der Waals surface area contributed by atoms with Crippen molar-refractivity contribution in [2.75, 3.05) is 5.32 Å². The van der Waals surface area contributed by atoms with Crippen molar-refractivity contribution in [1.82, 2.24) is 14.5 Å². The Morgan fingerprint density at radius 2 is 2.00 bits per heavy atom. The van der Waals surface area contributed by atoms with Gasteiger partial charge in [0.05, 0.1) is 0 Å². The van der Waals surface area contributed by atoms with Crippen LogP contribution in [-0.4, -0.2) is 19.6 Å². The quantitative estimate of drug-likeness (QED) is 0.749. The van der Waals surface area contributed by atoms with Gasteiger partial charge in [-0.15, -0.1) is 0 Å². The number of hydrogen-bond donors (Lipinski definition) is 2. The molecule has 0 radical (unpaired) electrons. The zero-order chi connectivity index (χ0) is 17.1. The van der Waals surface area contributed by atoms with E-state index in [4.69, 9.17) is 0 Å². The second-order valence-electron chi connectivity index (χ2n) is 5.66. The zero-order valence-corrected chi connectivity index (χ0v) is 13.7. The molecule has 3 aromatic rings. The van der Waals surface area contributed by atoms with Crippen LogP contribution in [0.15, 0.2) is 47.4 Å². The number of rotatable bonds is 5. The standard InChI is InChI=1S/C18H20N4O2/c1-3-14(4-2)22-16(24)9-8-12-11-19-18(21-17(12)22)20-13-6-5-7-15(23)10-13/h5-11,14,23H,3-4H2,1-2H3,(H,19,20,21). The van der Waals surface area contributed by atoms with Gasteiger partial charge in [-0.1, -0.05) is 19.9 Å². The van der Waals surface area contributed by atoms with E-state index in [1.165, 1.54) is 0 Å². The van der Waals surface area contributed by atoms with E-state index in [0.29, 0.717) is 17.3 Å². The van der Waals surface area contributed by atoms with Crippen LogP contribution < -0.4 is 10.9 Å². The third-order valence-electron chi connectivity index (χ3n) is 4.08. The Hall–Kier alpha value is -2.89. The molecule has 0 aliphatic rings. The van der Waals surface area contributed by atoms with Gasteiger partial charge in [-0.05, 0) is 31.0 Å². The van der Waals surface area contributed by atoms with Gasteiger partial charge in [-0.2, -0.15) is 4.98 Å². The minimum atomic E-state index is -0.0572. The predicted molar refractivity (Wildman–Crippen MR) is 94.8 cm³/mol. The molecule has 6 nitrogen and oxygen atoms in total. The maximum Gasteiger partial charge on any atom is 0.252 e. The van der Waals surface area contributed by atoms with Crippen LogP contribution in [0.5, 0.6) is 5.75 Å². The molecule has 0 unspecified atom stereocenters. The van der Waals surface area contributed by atoms with E-state index < -0.39 is 0 Å². The van der Waals surface area contributed by atoms with Crippen molar-refractivity contribution in [3.8, 4) is 5.75 Å². The molecule has 0 spiro atoms. The molecule has 0 saturated heterocycles. The van der Waals surface area contributed by atoms with Crippen molar-refractivity contribution in [3.63, 3.8) is 0 Å². The van der Waals surface area contributed by atoms with Gasteiger partial charge in [0.25, 0.3) is 5.56 Å². The first-order chi connectivity index (χ1) is 11.6. The van der Waals surface area contributed by atoms with E-state index in [2.05, 4.69) is 29.1 Å². The van der Waals surface area contributed by atoms with Gasteiger partial charge in [0.15, 0.2) is 0 Å². The van der Waals surface area contributed by atoms with Crippen LogP contribution in [-0.2, 0) is 0 Å². The van der Waals surface area contributed by atoms with Crippen LogP contribution >= 0.6 is 0 Å². The highest BCUT2D eigenvalue weighted by molar-refractivity contribution is 5.75. The third-order valence-corrected chi connectivity index (χ3v) is 4.08. The molecule has 0 aliphatic carbocycles. The summed E-state index contributed by atoms with van der Waals surface area (Å²) in [6, 6.07) is 10.1. The number of anilines is 2. The van der Waals surface area contributed by atoms with Crippen LogP contribution in [0.3, 0.4) is 0 Å². The molecule has 0 saturated carbocycles. The molecule has 2 aromatic heterocycles. The fraction of sp³-hybridized carbons (Fsp3) is 0.278. The van der Waals surface area contributed by atoms with Crippen LogP contribution in [0.1, 0.15) is 32.7 Å². The Morgan fingerprint density at radius 3 is 2.71 bits per heavy atom. The molecule has 0 fully saturated rings. The smallest absolute Gasteiger partial charge is 0.252 e. The van der Waals surface area contributed by atoms with Crippen molar-refractivity contribution in [2.24, 2.45) is 0 Å². The molecule has 0 atom stereocenters. The lowest BCUT2D eigenvalue weighted by atomic mass is 10.1. The van der Waals surface area contributed by atoms with E-state index >= 15 is 0 Å². The fourth-order valence-electron chi connectivity index (χ4n) is 2.82. The normalized spacial score (nSPS) is 11.1. The Balaban J connectivity index is 2.09. The molecule has 124 valence electrons. The van der Waals surface area contributed by atoms with Crippen molar-refractivity contribution in [1.29, 1.82) is 0 Å². The summed E-state index contributed by atoms with van der Waals surface area (Å²) in [5, 5.41) is 13.4. The van der Waals surface area contributed by atoms with Gasteiger partial charge in [0.1, 0.15) is 11.4 Å². The lowest BCUT2D eigenvalue weighted by Crippen LogP contribution is -2.24. The highest BCUT2D eigenvalue weighted by Gasteiger charge is 2.13. The molecular weight excluding hydrogens is 304 g/mol. The molecule has 24 heavy (non-hydrogen) atoms. The number of hydrogen-bond acceptors (Lipinski definition) is 5. The summed E-state index contributed by atoms with van der Waals surface area (Å²) in [5.41, 5.74) is 1.24. The number of phenols is 1. The monoisotopic (exact) mass is 324 g/mol. The SMILES string of the molecule is CCC(CC)n1c(=O)ccc2cnc(Nc3cccc(O)c3)nc21. The number of aromatic nitrogens is 3. The summed E-state index contributed by atoms with van der Waals surface area (Å²) in [5.74, 6) is 0.549. The van der Waals surface area contributed by atoms with Gasteiger partial charge in [0, 0.05) is 35.4 Å². The summed E-state index contributed by atoms with van der Waals surface area (Å²) in [6.07, 6.45) is 3.41. The highest BCUT2D eigenvalue weighted by Crippen LogP contribution is 2.22. The Bertz CT molecular complexity index is 916. The topological polar surface area (TPSA) is 80.0 Å². The summed E-state index contributed by atoms with van der Waals surface area (Å²) in [7, 11) is 0. The van der Waals surface area contributed by atoms with Gasteiger partial charge in [-0.3, -0.25) is 9.36 Å². The maximum atomic E-state index is 12.4. The molecule has 0 amide bonds. The Morgan fingerprint density at radius 1 is 1.21 bits per heavy atom. The number of benzene rings is 1. The van der Waals surface area contributed by atoms with Crippen molar-refractivity contribution in [3.05, 3.63) is 52.9 Å². The second-order valence-corrected chi connectivity index (χ2v) is 5.66. The molecule has 1 aromatic carbocycles. The predicted octanol–water partition coefficient (Wildman–Crippen LogP) is 3.60. The first kappa shape index (κ1) is 16.0. The van der Waals surface area contributed by atoms with E-state index in [9.17, 15) is 9.90 Å². The maximum absolute atomic E-state index is 12.4. The largest absolute Gasteiger partial charge is 0.508 e. The average molecular weight is 324 g/mol. The molecule has 2 N–H and O–H groups in total. The van der Waals surface area contributed by atoms with E-state index in [1.807, 2.05) is 6.07 Å². The summed E-state index contributed by atoms with van der Waals surface area (Å²) in [6.45, 7) is 4.12. The summed E-state index contributed by atoms with van der Waals surface area (Å²) in [4.78, 5) is 21.2. The number of phenolic OH excluding ortho intramolecular Hbond substituents is 1. The van der Waals surface area contributed by atoms with Gasteiger partial charge < -0.3 is 10.4 Å². The Labute approximate surface area is 139 Å². The van der Waals surface area contributed by atoms with E-state index in [0.717, 1.165) is 18.2 Å². The van der Waals surface area contributed by atoms with E-state index in [-0.39, 0.29) is 17.4 Å². The van der Waals surface area contributed by atoms with Crippen LogP contribution in [0.25, 0.3) is 11.0 Å². The summed E-state index contributed by atoms with van der Waals surface area (Å²) < 4.78 is 1.74. The Kier molecular flexibility index (Phi) is 4.46. The van der Waals surface area contributed by atoms with Gasteiger partial charge in [0.2, 0.25) is 5.95 Å². The molecule has 0 aliphatic heterocycles. The van der Waals surface area contributed by atoms with Crippen molar-refractivity contribution in [2.45, 2.75) is 32.7 Å². The zero-order valence-electron chi connectivity index (χ0n) is 13.7. The van der Waals surface area contributed by atoms with Crippen molar-refractivity contribution >= 4 is 22.7 Å². The minimum absolute atomic E-state index is 0.0572. The van der Waals surface area contributed by atoms with Crippen LogP contribution in [0.4, 0.5) is 11.6 Å². The summed E-state index contributed by atoms with van der Waals surface area (Å²) >= 11 is 0. The molecular formula is C18H20N4O2. The number of nitrogens with zero attached hydrogens (tertiary/aromatic N) is 3. The number of pyridine rings is 1.